The van der Waals surface area contributed by atoms with Gasteiger partial charge in [-0.15, -0.1) is 11.6 Å². The zero-order valence-corrected chi connectivity index (χ0v) is 9.70. The van der Waals surface area contributed by atoms with Crippen LogP contribution in [0, 0.1) is 0 Å². The van der Waals surface area contributed by atoms with Gasteiger partial charge in [-0.05, 0) is 6.92 Å². The van der Waals surface area contributed by atoms with E-state index in [1.54, 1.807) is 0 Å². The molecule has 0 saturated carbocycles. The van der Waals surface area contributed by atoms with Crippen LogP contribution in [0.5, 0.6) is 0 Å². The molecule has 1 atom stereocenters. The molecule has 0 rings (SSSR count). The van der Waals surface area contributed by atoms with E-state index in [2.05, 4.69) is 15.8 Å². The van der Waals surface area contributed by atoms with Crippen LogP contribution in [0.4, 0.5) is 0 Å². The SMILES string of the molecule is C=C(C)C(=O)OCC(CCl)OP(=O)(O)O. The Morgan fingerprint density at radius 1 is 1.60 bits per heavy atom. The van der Waals surface area contributed by atoms with Crippen LogP contribution in [-0.4, -0.2) is 34.3 Å². The van der Waals surface area contributed by atoms with Gasteiger partial charge in [0, 0.05) is 5.57 Å². The van der Waals surface area contributed by atoms with Crippen molar-refractivity contribution in [1.29, 1.82) is 0 Å². The van der Waals surface area contributed by atoms with Gasteiger partial charge in [-0.1, -0.05) is 6.58 Å². The highest BCUT2D eigenvalue weighted by molar-refractivity contribution is 7.46. The third-order valence-corrected chi connectivity index (χ3v) is 2.12. The molecule has 0 aromatic rings. The maximum Gasteiger partial charge on any atom is 0.470 e. The van der Waals surface area contributed by atoms with E-state index in [1.807, 2.05) is 0 Å². The van der Waals surface area contributed by atoms with E-state index in [9.17, 15) is 9.36 Å². The molecule has 0 aliphatic heterocycles. The smallest absolute Gasteiger partial charge is 0.460 e. The van der Waals surface area contributed by atoms with Crippen molar-refractivity contribution in [2.45, 2.75) is 13.0 Å². The summed E-state index contributed by atoms with van der Waals surface area (Å²) in [5.41, 5.74) is 0.180. The van der Waals surface area contributed by atoms with E-state index < -0.39 is 19.9 Å². The summed E-state index contributed by atoms with van der Waals surface area (Å²) in [5, 5.41) is 0. The molecule has 0 radical (unpaired) electrons. The second-order valence-corrected chi connectivity index (χ2v) is 4.25. The highest BCUT2D eigenvalue weighted by atomic mass is 35.5. The molecule has 15 heavy (non-hydrogen) atoms. The summed E-state index contributed by atoms with van der Waals surface area (Å²) < 4.78 is 19.3. The lowest BCUT2D eigenvalue weighted by atomic mass is 10.3. The first-order valence-corrected chi connectivity index (χ1v) is 5.95. The fourth-order valence-corrected chi connectivity index (χ4v) is 1.35. The molecule has 0 aliphatic rings. The summed E-state index contributed by atoms with van der Waals surface area (Å²) >= 11 is 5.35. The Morgan fingerprint density at radius 2 is 2.13 bits per heavy atom. The number of halogens is 1. The highest BCUT2D eigenvalue weighted by Crippen LogP contribution is 2.37. The fraction of sp³-hybridized carbons (Fsp3) is 0.571. The van der Waals surface area contributed by atoms with Gasteiger partial charge >= 0.3 is 13.8 Å². The molecule has 8 heteroatoms. The highest BCUT2D eigenvalue weighted by Gasteiger charge is 2.22. The summed E-state index contributed by atoms with van der Waals surface area (Å²) in [5.74, 6) is -0.867. The van der Waals surface area contributed by atoms with E-state index in [4.69, 9.17) is 21.4 Å². The molecule has 0 saturated heterocycles. The van der Waals surface area contributed by atoms with Gasteiger partial charge < -0.3 is 14.5 Å². The number of phosphoric acid groups is 1. The topological polar surface area (TPSA) is 93.1 Å². The first-order valence-electron chi connectivity index (χ1n) is 3.89. The second-order valence-electron chi connectivity index (χ2n) is 2.75. The molecule has 0 bridgehead atoms. The first-order chi connectivity index (χ1) is 6.76. The summed E-state index contributed by atoms with van der Waals surface area (Å²) in [7, 11) is -4.62. The molecule has 0 fully saturated rings. The fourth-order valence-electron chi connectivity index (χ4n) is 0.589. The molecule has 0 aromatic carbocycles. The predicted molar refractivity (Wildman–Crippen MR) is 53.4 cm³/mol. The Kier molecular flexibility index (Phi) is 6.09. The number of carbonyl (C=O) groups is 1. The number of ether oxygens (including phenoxy) is 1. The number of rotatable bonds is 6. The van der Waals surface area contributed by atoms with E-state index in [0.29, 0.717) is 0 Å². The molecule has 0 spiro atoms. The molecule has 6 nitrogen and oxygen atoms in total. The minimum Gasteiger partial charge on any atom is -0.460 e. The Morgan fingerprint density at radius 3 is 2.47 bits per heavy atom. The lowest BCUT2D eigenvalue weighted by Crippen LogP contribution is -2.23. The van der Waals surface area contributed by atoms with Crippen LogP contribution >= 0.6 is 19.4 Å². The van der Waals surface area contributed by atoms with Crippen molar-refractivity contribution in [3.63, 3.8) is 0 Å². The maximum absolute atomic E-state index is 10.9. The van der Waals surface area contributed by atoms with Gasteiger partial charge in [-0.3, -0.25) is 4.52 Å². The van der Waals surface area contributed by atoms with Crippen LogP contribution in [0.3, 0.4) is 0 Å². The zero-order valence-electron chi connectivity index (χ0n) is 8.05. The maximum atomic E-state index is 10.9. The third-order valence-electron chi connectivity index (χ3n) is 1.21. The van der Waals surface area contributed by atoms with Crippen molar-refractivity contribution in [2.24, 2.45) is 0 Å². The van der Waals surface area contributed by atoms with Crippen molar-refractivity contribution in [2.75, 3.05) is 12.5 Å². The predicted octanol–water partition coefficient (Wildman–Crippen LogP) is 0.822. The van der Waals surface area contributed by atoms with Gasteiger partial charge in [-0.25, -0.2) is 9.36 Å². The van der Waals surface area contributed by atoms with E-state index in [-0.39, 0.29) is 18.1 Å². The van der Waals surface area contributed by atoms with Gasteiger partial charge in [0.1, 0.15) is 12.7 Å². The van der Waals surface area contributed by atoms with Crippen LogP contribution in [0.1, 0.15) is 6.92 Å². The number of carbonyl (C=O) groups excluding carboxylic acids is 1. The zero-order chi connectivity index (χ0) is 12.1. The van der Waals surface area contributed by atoms with Crippen LogP contribution < -0.4 is 0 Å². The van der Waals surface area contributed by atoms with Crippen molar-refractivity contribution >= 4 is 25.4 Å². The molecule has 88 valence electrons. The molecule has 0 amide bonds. The Hall–Kier alpha value is -0.390. The van der Waals surface area contributed by atoms with Crippen LogP contribution in [-0.2, 0) is 18.6 Å². The van der Waals surface area contributed by atoms with Crippen LogP contribution in [0.2, 0.25) is 0 Å². The number of alkyl halides is 1. The average molecular weight is 259 g/mol. The quantitative estimate of drug-likeness (QED) is 0.317. The van der Waals surface area contributed by atoms with Crippen molar-refractivity contribution in [3.05, 3.63) is 12.2 Å². The molecule has 1 unspecified atom stereocenters. The van der Waals surface area contributed by atoms with E-state index in [1.165, 1.54) is 6.92 Å². The average Bonchev–Trinajstić information content (AvgIpc) is 2.09. The minimum atomic E-state index is -4.62. The monoisotopic (exact) mass is 258 g/mol. The lowest BCUT2D eigenvalue weighted by Gasteiger charge is -2.15. The van der Waals surface area contributed by atoms with Gasteiger partial charge in [0.25, 0.3) is 0 Å². The molecular weight excluding hydrogens is 246 g/mol. The summed E-state index contributed by atoms with van der Waals surface area (Å²) in [6.45, 7) is 4.44. The van der Waals surface area contributed by atoms with Crippen LogP contribution in [0.25, 0.3) is 0 Å². The third kappa shape index (κ3) is 7.53. The Bertz CT molecular complexity index is 285. The molecule has 2 N–H and O–H groups in total. The largest absolute Gasteiger partial charge is 0.470 e. The second kappa shape index (κ2) is 6.25. The summed E-state index contributed by atoms with van der Waals surface area (Å²) in [4.78, 5) is 27.8. The Balaban J connectivity index is 4.07. The van der Waals surface area contributed by atoms with Crippen molar-refractivity contribution in [1.82, 2.24) is 0 Å². The lowest BCUT2D eigenvalue weighted by molar-refractivity contribution is -0.141. The van der Waals surface area contributed by atoms with Crippen molar-refractivity contribution < 1.29 is 28.4 Å². The number of hydrogen-bond acceptors (Lipinski definition) is 4. The van der Waals surface area contributed by atoms with Gasteiger partial charge in [0.15, 0.2) is 0 Å². The Labute approximate surface area is 92.1 Å². The normalized spacial score (nSPS) is 13.3. The molecule has 0 heterocycles. The number of esters is 1. The summed E-state index contributed by atoms with van der Waals surface area (Å²) in [6, 6.07) is 0. The molecule has 0 aromatic heterocycles. The van der Waals surface area contributed by atoms with Gasteiger partial charge in [-0.2, -0.15) is 0 Å². The van der Waals surface area contributed by atoms with E-state index in [0.717, 1.165) is 0 Å². The number of phosphoric ester groups is 1. The minimum absolute atomic E-state index is 0.180. The molecular formula is C7H12ClO6P. The summed E-state index contributed by atoms with van der Waals surface area (Å²) in [6.07, 6.45) is -1.05. The molecule has 0 aliphatic carbocycles. The number of hydrogen-bond donors (Lipinski definition) is 2. The first kappa shape index (κ1) is 14.6. The standard InChI is InChI=1S/C7H12ClO6P/c1-5(2)7(9)13-4-6(3-8)14-15(10,11)12/h6H,1,3-4H2,2H3,(H2,10,11,12). The van der Waals surface area contributed by atoms with Gasteiger partial charge in [0.05, 0.1) is 5.88 Å². The van der Waals surface area contributed by atoms with Crippen LogP contribution in [0.15, 0.2) is 12.2 Å². The van der Waals surface area contributed by atoms with E-state index >= 15 is 0 Å². The van der Waals surface area contributed by atoms with Gasteiger partial charge in [0.2, 0.25) is 0 Å². The van der Waals surface area contributed by atoms with Crippen molar-refractivity contribution in [3.8, 4) is 0 Å².